The lowest BCUT2D eigenvalue weighted by Crippen LogP contribution is -2.49. The van der Waals surface area contributed by atoms with Crippen molar-refractivity contribution in [2.75, 3.05) is 20.2 Å². The number of hydrogen-bond acceptors (Lipinski definition) is 6. The summed E-state index contributed by atoms with van der Waals surface area (Å²) in [5, 5.41) is 0.238. The quantitative estimate of drug-likeness (QED) is 0.240. The van der Waals surface area contributed by atoms with E-state index in [9.17, 15) is 9.18 Å². The smallest absolute Gasteiger partial charge is 0.410 e. The van der Waals surface area contributed by atoms with Crippen LogP contribution in [0.1, 0.15) is 47.1 Å². The zero-order chi connectivity index (χ0) is 28.3. The predicted molar refractivity (Wildman–Crippen MR) is 149 cm³/mol. The maximum atomic E-state index is 14.7. The largest absolute Gasteiger partial charge is 0.491 e. The summed E-state index contributed by atoms with van der Waals surface area (Å²) < 4.78 is 32.8. The van der Waals surface area contributed by atoms with E-state index in [1.165, 1.54) is 23.1 Å². The molecular formula is C26H38Cl2FN3O4Si. The third kappa shape index (κ3) is 8.80. The molecule has 1 amide bonds. The monoisotopic (exact) mass is 573 g/mol. The van der Waals surface area contributed by atoms with Crippen LogP contribution in [0.25, 0.3) is 11.4 Å². The Morgan fingerprint density at radius 1 is 1.11 bits per heavy atom. The number of likely N-dealkylation sites (N-methyl/N-ethyl adjacent to an activating group) is 1. The molecule has 1 aromatic carbocycles. The normalized spacial score (nSPS) is 13.3. The molecule has 11 heteroatoms. The second-order valence-corrected chi connectivity index (χ2v) is 17.0. The number of ether oxygens (including phenoxy) is 2. The van der Waals surface area contributed by atoms with Gasteiger partial charge in [-0.1, -0.05) is 44.0 Å². The molecule has 0 N–H and O–H groups in total. The van der Waals surface area contributed by atoms with Crippen molar-refractivity contribution in [3.63, 3.8) is 0 Å². The van der Waals surface area contributed by atoms with Crippen LogP contribution in [0.4, 0.5) is 9.18 Å². The lowest BCUT2D eigenvalue weighted by molar-refractivity contribution is 0.0172. The van der Waals surface area contributed by atoms with Crippen LogP contribution in [0.2, 0.25) is 28.4 Å². The van der Waals surface area contributed by atoms with Gasteiger partial charge in [-0.15, -0.1) is 0 Å². The molecule has 1 aromatic heterocycles. The molecule has 1 heterocycles. The Hall–Kier alpha value is -1.94. The van der Waals surface area contributed by atoms with Gasteiger partial charge in [0.1, 0.15) is 34.1 Å². The summed E-state index contributed by atoms with van der Waals surface area (Å²) in [7, 11) is -0.552. The van der Waals surface area contributed by atoms with E-state index in [0.29, 0.717) is 11.3 Å². The van der Waals surface area contributed by atoms with Crippen molar-refractivity contribution in [2.45, 2.75) is 78.3 Å². The molecule has 0 aliphatic heterocycles. The second kappa shape index (κ2) is 11.8. The van der Waals surface area contributed by atoms with E-state index >= 15 is 0 Å². The van der Waals surface area contributed by atoms with Crippen molar-refractivity contribution in [2.24, 2.45) is 0 Å². The van der Waals surface area contributed by atoms with Gasteiger partial charge in [-0.2, -0.15) is 0 Å². The third-order valence-corrected chi connectivity index (χ3v) is 11.4. The van der Waals surface area contributed by atoms with Crippen molar-refractivity contribution >= 4 is 37.6 Å². The number of carbonyl (C=O) groups excluding carboxylic acids is 1. The average molecular weight is 575 g/mol. The molecule has 2 aromatic rings. The average Bonchev–Trinajstić information content (AvgIpc) is 2.74. The molecule has 37 heavy (non-hydrogen) atoms. The van der Waals surface area contributed by atoms with Gasteiger partial charge < -0.3 is 18.8 Å². The number of carbonyl (C=O) groups is 1. The maximum Gasteiger partial charge on any atom is 0.410 e. The Morgan fingerprint density at radius 3 is 2.19 bits per heavy atom. The summed E-state index contributed by atoms with van der Waals surface area (Å²) >= 11 is 12.3. The van der Waals surface area contributed by atoms with E-state index in [0.717, 1.165) is 0 Å². The van der Waals surface area contributed by atoms with Gasteiger partial charge in [0.15, 0.2) is 14.1 Å². The van der Waals surface area contributed by atoms with E-state index in [-0.39, 0.29) is 39.9 Å². The Balaban J connectivity index is 2.28. The highest BCUT2D eigenvalue weighted by atomic mass is 35.5. The summed E-state index contributed by atoms with van der Waals surface area (Å²) in [6.07, 6.45) is -0.905. The first-order chi connectivity index (χ1) is 16.8. The van der Waals surface area contributed by atoms with Crippen molar-refractivity contribution < 1.29 is 23.1 Å². The molecule has 0 spiro atoms. The minimum Gasteiger partial charge on any atom is -0.491 e. The summed E-state index contributed by atoms with van der Waals surface area (Å²) in [5.74, 6) is -0.0964. The van der Waals surface area contributed by atoms with Crippen LogP contribution in [0.15, 0.2) is 18.2 Å². The summed E-state index contributed by atoms with van der Waals surface area (Å²) in [4.78, 5) is 22.4. The van der Waals surface area contributed by atoms with E-state index in [1.807, 2.05) is 20.8 Å². The molecule has 1 atom stereocenters. The number of benzene rings is 1. The molecule has 1 unspecified atom stereocenters. The first-order valence-corrected chi connectivity index (χ1v) is 15.7. The van der Waals surface area contributed by atoms with Crippen LogP contribution in [-0.2, 0) is 9.16 Å². The fourth-order valence-electron chi connectivity index (χ4n) is 2.98. The van der Waals surface area contributed by atoms with Crippen LogP contribution in [0.3, 0.4) is 0 Å². The first-order valence-electron chi connectivity index (χ1n) is 12.0. The fourth-order valence-corrected chi connectivity index (χ4v) is 4.69. The Kier molecular flexibility index (Phi) is 10.0. The topological polar surface area (TPSA) is 73.8 Å². The van der Waals surface area contributed by atoms with Crippen LogP contribution < -0.4 is 4.74 Å². The number of halogens is 3. The molecule has 0 fully saturated rings. The highest BCUT2D eigenvalue weighted by Crippen LogP contribution is 2.37. The fraction of sp³-hybridized carbons (Fsp3) is 0.577. The molecule has 0 saturated carbocycles. The van der Waals surface area contributed by atoms with Crippen LogP contribution in [-0.4, -0.2) is 61.2 Å². The molecule has 0 aliphatic rings. The van der Waals surface area contributed by atoms with Crippen molar-refractivity contribution in [1.82, 2.24) is 14.9 Å². The van der Waals surface area contributed by atoms with Gasteiger partial charge >= 0.3 is 6.09 Å². The zero-order valence-electron chi connectivity index (χ0n) is 23.3. The maximum absolute atomic E-state index is 14.7. The minimum atomic E-state index is -2.21. The first kappa shape index (κ1) is 31.3. The van der Waals surface area contributed by atoms with Crippen LogP contribution in [0.5, 0.6) is 5.75 Å². The summed E-state index contributed by atoms with van der Waals surface area (Å²) in [5.41, 5.74) is 0.0000658. The van der Waals surface area contributed by atoms with Crippen LogP contribution in [0, 0.1) is 12.7 Å². The number of aromatic nitrogens is 2. The van der Waals surface area contributed by atoms with Crippen molar-refractivity contribution in [1.29, 1.82) is 0 Å². The number of amides is 1. The Morgan fingerprint density at radius 2 is 1.68 bits per heavy atom. The molecule has 0 radical (unpaired) electrons. The molecular weight excluding hydrogens is 536 g/mol. The van der Waals surface area contributed by atoms with Gasteiger partial charge in [0.2, 0.25) is 0 Å². The predicted octanol–water partition coefficient (Wildman–Crippen LogP) is 7.53. The summed E-state index contributed by atoms with van der Waals surface area (Å²) in [6.45, 7) is 18.2. The number of nitrogens with zero attached hydrogens (tertiary/aromatic N) is 3. The molecule has 7 nitrogen and oxygen atoms in total. The zero-order valence-corrected chi connectivity index (χ0v) is 25.8. The van der Waals surface area contributed by atoms with E-state index in [2.05, 4.69) is 43.8 Å². The Bertz CT molecular complexity index is 1100. The summed E-state index contributed by atoms with van der Waals surface area (Å²) in [6, 6.07) is 4.27. The van der Waals surface area contributed by atoms with E-state index in [4.69, 9.17) is 37.1 Å². The second-order valence-electron chi connectivity index (χ2n) is 11.6. The van der Waals surface area contributed by atoms with Gasteiger partial charge in [-0.3, -0.25) is 0 Å². The lowest BCUT2D eigenvalue weighted by Gasteiger charge is -2.40. The van der Waals surface area contributed by atoms with Gasteiger partial charge in [-0.25, -0.2) is 19.2 Å². The molecule has 0 bridgehead atoms. The molecule has 2 rings (SSSR count). The highest BCUT2D eigenvalue weighted by Gasteiger charge is 2.40. The number of rotatable bonds is 8. The third-order valence-electron chi connectivity index (χ3n) is 6.09. The van der Waals surface area contributed by atoms with E-state index in [1.54, 1.807) is 14.0 Å². The Labute approximate surface area is 230 Å². The molecule has 206 valence electrons. The minimum absolute atomic E-state index is 0.0555. The van der Waals surface area contributed by atoms with Crippen molar-refractivity contribution in [3.8, 4) is 17.1 Å². The van der Waals surface area contributed by atoms with Gasteiger partial charge in [0.25, 0.3) is 0 Å². The lowest BCUT2D eigenvalue weighted by atomic mass is 10.2. The SMILES string of the molecule is Cc1c(Cl)nc(-c2cc(OCC(CN(C)C(=O)OC(C)(C)C)O[Si](C)(C)C(C)(C)C)ccc2F)nc1Cl. The van der Waals surface area contributed by atoms with Gasteiger partial charge in [-0.05, 0) is 64.0 Å². The van der Waals surface area contributed by atoms with E-state index < -0.39 is 31.9 Å². The molecule has 0 saturated heterocycles. The van der Waals surface area contributed by atoms with Gasteiger partial charge in [0, 0.05) is 12.6 Å². The standard InChI is InChI=1S/C26H38Cl2FN3O4Si/c1-16-21(27)30-23(31-22(16)28)19-13-17(11-12-20(19)29)34-15-18(36-37(9,10)26(5,6)7)14-32(8)24(33)35-25(2,3)4/h11-13,18H,14-15H2,1-10H3. The van der Waals surface area contributed by atoms with Gasteiger partial charge in [0.05, 0.1) is 18.2 Å². The van der Waals surface area contributed by atoms with Crippen molar-refractivity contribution in [3.05, 3.63) is 39.9 Å². The highest BCUT2D eigenvalue weighted by molar-refractivity contribution is 6.74. The van der Waals surface area contributed by atoms with Crippen LogP contribution >= 0.6 is 23.2 Å². The molecule has 0 aliphatic carbocycles. The number of hydrogen-bond donors (Lipinski definition) is 0.